The topological polar surface area (TPSA) is 88.6 Å². The van der Waals surface area contributed by atoms with E-state index in [1.54, 1.807) is 0 Å². The van der Waals surface area contributed by atoms with Crippen LogP contribution >= 0.6 is 0 Å². The highest BCUT2D eigenvalue weighted by atomic mass is 16.6. The van der Waals surface area contributed by atoms with E-state index < -0.39 is 40.3 Å². The molecule has 3 aliphatic heterocycles. The molecule has 0 saturated carbocycles. The predicted molar refractivity (Wildman–Crippen MR) is 70.1 cm³/mol. The quantitative estimate of drug-likeness (QED) is 0.526. The van der Waals surface area contributed by atoms with Crippen LogP contribution in [-0.2, 0) is 23.8 Å². The Kier molecular flexibility index (Phi) is 2.65. The zero-order valence-corrected chi connectivity index (χ0v) is 12.9. The molecule has 0 bridgehead atoms. The maximum Gasteiger partial charge on any atom is 0.337 e. The minimum atomic E-state index is -1.70. The van der Waals surface area contributed by atoms with Crippen LogP contribution in [0, 0.1) is 5.41 Å². The summed E-state index contributed by atoms with van der Waals surface area (Å²) in [4.78, 5) is 26.6. The average molecular weight is 299 g/mol. The molecule has 7 heteroatoms. The minimum absolute atomic E-state index is 0.102. The number of fused-ring (bicyclic) bond motifs is 1. The van der Waals surface area contributed by atoms with E-state index in [0.29, 0.717) is 0 Å². The van der Waals surface area contributed by atoms with Crippen LogP contribution < -0.4 is 0 Å². The number of nitrogens with zero attached hydrogens (tertiary/aromatic N) is 1. The van der Waals surface area contributed by atoms with Crippen molar-refractivity contribution in [3.05, 3.63) is 0 Å². The molecule has 3 rings (SSSR count). The van der Waals surface area contributed by atoms with E-state index in [1.807, 2.05) is 20.8 Å². The molecule has 3 fully saturated rings. The fourth-order valence-electron chi connectivity index (χ4n) is 3.57. The van der Waals surface area contributed by atoms with Gasteiger partial charge in [-0.2, -0.15) is 0 Å². The van der Waals surface area contributed by atoms with Gasteiger partial charge < -0.3 is 19.3 Å². The molecule has 0 radical (unpaired) electrons. The summed E-state index contributed by atoms with van der Waals surface area (Å²) in [6, 6.07) is 0. The van der Waals surface area contributed by atoms with E-state index in [2.05, 4.69) is 0 Å². The Bertz CT molecular complexity index is 518. The number of ether oxygens (including phenoxy) is 3. The van der Waals surface area contributed by atoms with Crippen LogP contribution in [0.15, 0.2) is 0 Å². The number of aliphatic hydroxyl groups is 1. The molecule has 3 aliphatic rings. The van der Waals surface area contributed by atoms with Crippen LogP contribution in [0.2, 0.25) is 0 Å². The number of methoxy groups -OCH3 is 1. The Morgan fingerprint density at radius 3 is 2.43 bits per heavy atom. The van der Waals surface area contributed by atoms with Gasteiger partial charge in [0.25, 0.3) is 5.91 Å². The first kappa shape index (κ1) is 14.7. The molecule has 1 N–H and O–H groups in total. The van der Waals surface area contributed by atoms with Crippen molar-refractivity contribution < 1.29 is 28.9 Å². The van der Waals surface area contributed by atoms with E-state index in [0.717, 1.165) is 0 Å². The second-order valence-corrected chi connectivity index (χ2v) is 7.24. The molecular weight excluding hydrogens is 278 g/mol. The molecule has 0 aromatic rings. The maximum absolute atomic E-state index is 12.8. The zero-order valence-electron chi connectivity index (χ0n) is 12.9. The second kappa shape index (κ2) is 3.77. The van der Waals surface area contributed by atoms with Gasteiger partial charge in [0.1, 0.15) is 11.8 Å². The normalized spacial score (nSPS) is 45.1. The Hall–Kier alpha value is -1.18. The van der Waals surface area contributed by atoms with Crippen molar-refractivity contribution in [1.29, 1.82) is 0 Å². The Labute approximate surface area is 123 Å². The molecule has 0 unspecified atom stereocenters. The SMILES string of the molecule is COC(=O)[C@]12CO[C@H](C(C)(C)C)N1C(=O)[C@@]1(CO1)[C@]2(C)O. The van der Waals surface area contributed by atoms with Gasteiger partial charge in [0.15, 0.2) is 5.54 Å². The number of carbonyl (C=O) groups excluding carboxylic acids is 2. The lowest BCUT2D eigenvalue weighted by Gasteiger charge is -2.39. The molecule has 0 aromatic heterocycles. The van der Waals surface area contributed by atoms with Gasteiger partial charge in [-0.15, -0.1) is 0 Å². The van der Waals surface area contributed by atoms with Gasteiger partial charge in [0.05, 0.1) is 20.3 Å². The lowest BCUT2D eigenvalue weighted by molar-refractivity contribution is -0.167. The van der Waals surface area contributed by atoms with Gasteiger partial charge in [-0.25, -0.2) is 4.79 Å². The molecule has 0 aromatic carbocycles. The second-order valence-electron chi connectivity index (χ2n) is 7.24. The van der Waals surface area contributed by atoms with Crippen LogP contribution in [0.4, 0.5) is 0 Å². The van der Waals surface area contributed by atoms with Gasteiger partial charge in [-0.05, 0) is 6.92 Å². The summed E-state index contributed by atoms with van der Waals surface area (Å²) in [6.45, 7) is 7.17. The minimum Gasteiger partial charge on any atom is -0.467 e. The monoisotopic (exact) mass is 299 g/mol. The first-order chi connectivity index (χ1) is 9.56. The number of rotatable bonds is 1. The van der Waals surface area contributed by atoms with Crippen molar-refractivity contribution in [2.45, 2.75) is 50.7 Å². The van der Waals surface area contributed by atoms with Crippen molar-refractivity contribution >= 4 is 11.9 Å². The van der Waals surface area contributed by atoms with Gasteiger partial charge in [-0.1, -0.05) is 20.8 Å². The molecule has 21 heavy (non-hydrogen) atoms. The lowest BCUT2D eigenvalue weighted by atomic mass is 9.76. The first-order valence-electron chi connectivity index (χ1n) is 6.96. The smallest absolute Gasteiger partial charge is 0.337 e. The predicted octanol–water partition coefficient (Wildman–Crippen LogP) is -0.337. The molecule has 1 spiro atoms. The Morgan fingerprint density at radius 1 is 1.43 bits per heavy atom. The summed E-state index contributed by atoms with van der Waals surface area (Å²) in [5.41, 5.74) is -5.03. The van der Waals surface area contributed by atoms with Crippen LogP contribution in [0.3, 0.4) is 0 Å². The third kappa shape index (κ3) is 1.39. The maximum atomic E-state index is 12.8. The summed E-state index contributed by atoms with van der Waals surface area (Å²) in [5.74, 6) is -1.09. The summed E-state index contributed by atoms with van der Waals surface area (Å²) in [7, 11) is 1.24. The highest BCUT2D eigenvalue weighted by molar-refractivity contribution is 6.02. The Balaban J connectivity index is 2.18. The van der Waals surface area contributed by atoms with Crippen molar-refractivity contribution in [1.82, 2.24) is 4.90 Å². The van der Waals surface area contributed by atoms with E-state index in [9.17, 15) is 14.7 Å². The molecule has 0 aliphatic carbocycles. The molecule has 3 saturated heterocycles. The molecular formula is C14H21NO6. The molecule has 1 amide bonds. The number of amides is 1. The van der Waals surface area contributed by atoms with Gasteiger partial charge in [0, 0.05) is 5.41 Å². The van der Waals surface area contributed by atoms with Gasteiger partial charge >= 0.3 is 5.97 Å². The number of epoxide rings is 1. The van der Waals surface area contributed by atoms with E-state index in [1.165, 1.54) is 18.9 Å². The highest BCUT2D eigenvalue weighted by Gasteiger charge is 2.86. The van der Waals surface area contributed by atoms with Gasteiger partial charge in [0.2, 0.25) is 5.60 Å². The van der Waals surface area contributed by atoms with Gasteiger partial charge in [-0.3, -0.25) is 9.69 Å². The van der Waals surface area contributed by atoms with E-state index >= 15 is 0 Å². The number of esters is 1. The third-order valence-electron chi connectivity index (χ3n) is 4.95. The van der Waals surface area contributed by atoms with Crippen molar-refractivity contribution in [2.75, 3.05) is 20.3 Å². The summed E-state index contributed by atoms with van der Waals surface area (Å²) >= 11 is 0. The summed E-state index contributed by atoms with van der Waals surface area (Å²) in [5, 5.41) is 11.0. The largest absolute Gasteiger partial charge is 0.467 e. The van der Waals surface area contributed by atoms with Crippen molar-refractivity contribution in [3.8, 4) is 0 Å². The molecule has 7 nitrogen and oxygen atoms in total. The van der Waals surface area contributed by atoms with Crippen LogP contribution in [-0.4, -0.2) is 65.2 Å². The fourth-order valence-corrected chi connectivity index (χ4v) is 3.57. The summed E-state index contributed by atoms with van der Waals surface area (Å²) in [6.07, 6.45) is -0.626. The third-order valence-corrected chi connectivity index (χ3v) is 4.95. The molecule has 4 atom stereocenters. The van der Waals surface area contributed by atoms with E-state index in [-0.39, 0.29) is 13.2 Å². The van der Waals surface area contributed by atoms with Crippen LogP contribution in [0.25, 0.3) is 0 Å². The van der Waals surface area contributed by atoms with E-state index in [4.69, 9.17) is 14.2 Å². The van der Waals surface area contributed by atoms with Crippen molar-refractivity contribution in [2.24, 2.45) is 5.41 Å². The molecule has 118 valence electrons. The standard InChI is InChI=1S/C14H21NO6/c1-11(2,3)9-15-8(16)14(7-21-14)12(4,18)13(15,6-20-9)10(17)19-5/h9,18H,6-7H2,1-5H3/t9-,12-,13+,14+/m1/s1. The van der Waals surface area contributed by atoms with Crippen LogP contribution in [0.1, 0.15) is 27.7 Å². The first-order valence-corrected chi connectivity index (χ1v) is 6.96. The van der Waals surface area contributed by atoms with Crippen LogP contribution in [0.5, 0.6) is 0 Å². The highest BCUT2D eigenvalue weighted by Crippen LogP contribution is 2.59. The number of hydrogen-bond acceptors (Lipinski definition) is 6. The zero-order chi connectivity index (χ0) is 15.8. The number of carbonyl (C=O) groups is 2. The Morgan fingerprint density at radius 2 is 2.00 bits per heavy atom. The number of hydrogen-bond donors (Lipinski definition) is 1. The average Bonchev–Trinajstić information content (AvgIpc) is 3.06. The summed E-state index contributed by atoms with van der Waals surface area (Å²) < 4.78 is 15.9. The molecule has 3 heterocycles. The van der Waals surface area contributed by atoms with Crippen molar-refractivity contribution in [3.63, 3.8) is 0 Å². The lowest BCUT2D eigenvalue weighted by Crippen LogP contribution is -2.65. The fraction of sp³-hybridized carbons (Fsp3) is 0.857.